The van der Waals surface area contributed by atoms with E-state index in [0.717, 1.165) is 48.2 Å². The van der Waals surface area contributed by atoms with Crippen LogP contribution in [0.4, 0.5) is 0 Å². The van der Waals surface area contributed by atoms with Crippen molar-refractivity contribution in [2.24, 2.45) is 0 Å². The molecule has 6 heteroatoms. The van der Waals surface area contributed by atoms with Crippen LogP contribution in [0.5, 0.6) is 5.75 Å². The molecule has 1 heterocycles. The van der Waals surface area contributed by atoms with Gasteiger partial charge in [0.15, 0.2) is 0 Å². The first-order chi connectivity index (χ1) is 16.2. The van der Waals surface area contributed by atoms with Crippen LogP contribution in [0.15, 0.2) is 48.0 Å². The minimum atomic E-state index is -0.647. The van der Waals surface area contributed by atoms with E-state index in [-0.39, 0.29) is 11.3 Å². The van der Waals surface area contributed by atoms with Crippen LogP contribution in [0.25, 0.3) is 5.76 Å². The van der Waals surface area contributed by atoms with Gasteiger partial charge in [0.2, 0.25) is 0 Å². The monoisotopic (exact) mass is 464 g/mol. The number of unbranched alkanes of at least 4 members (excludes halogenated alkanes) is 1. The van der Waals surface area contributed by atoms with Crippen LogP contribution in [0.2, 0.25) is 0 Å². The minimum absolute atomic E-state index is 0.122. The van der Waals surface area contributed by atoms with Crippen LogP contribution in [0.3, 0.4) is 0 Å². The summed E-state index contributed by atoms with van der Waals surface area (Å²) in [4.78, 5) is 29.9. The average molecular weight is 465 g/mol. The standard InChI is InChI=1S/C28H36N2O4/c1-6-7-17-34-22-13-11-21(12-14-22)25-24(26(31)23-18-19(2)9-10-20(23)3)27(32)28(33)30(25)16-8-15-29(4)5/h9-14,18,25,31H,6-8,15-17H2,1-5H3. The Hall–Kier alpha value is -3.12. The van der Waals surface area contributed by atoms with Gasteiger partial charge in [-0.2, -0.15) is 0 Å². The van der Waals surface area contributed by atoms with E-state index >= 15 is 0 Å². The lowest BCUT2D eigenvalue weighted by Crippen LogP contribution is -2.32. The van der Waals surface area contributed by atoms with Gasteiger partial charge in [0.1, 0.15) is 11.5 Å². The fourth-order valence-corrected chi connectivity index (χ4v) is 4.23. The third kappa shape index (κ3) is 5.68. The SMILES string of the molecule is CCCCOc1ccc(C2C(=C(O)c3cc(C)ccc3C)C(=O)C(=O)N2CCCN(C)C)cc1. The lowest BCUT2D eigenvalue weighted by atomic mass is 9.93. The largest absolute Gasteiger partial charge is 0.507 e. The molecule has 0 spiro atoms. The van der Waals surface area contributed by atoms with Crippen molar-refractivity contribution >= 4 is 17.4 Å². The zero-order valence-corrected chi connectivity index (χ0v) is 20.9. The molecule has 0 aliphatic carbocycles. The van der Waals surface area contributed by atoms with Crippen LogP contribution in [0.1, 0.15) is 54.5 Å². The predicted octanol–water partition coefficient (Wildman–Crippen LogP) is 4.86. The predicted molar refractivity (Wildman–Crippen MR) is 135 cm³/mol. The van der Waals surface area contributed by atoms with Crippen molar-refractivity contribution in [3.05, 3.63) is 70.3 Å². The van der Waals surface area contributed by atoms with Gasteiger partial charge in [-0.3, -0.25) is 9.59 Å². The number of nitrogens with zero attached hydrogens (tertiary/aromatic N) is 2. The highest BCUT2D eigenvalue weighted by atomic mass is 16.5. The van der Waals surface area contributed by atoms with Crippen LogP contribution < -0.4 is 4.74 Å². The zero-order valence-electron chi connectivity index (χ0n) is 20.9. The van der Waals surface area contributed by atoms with Gasteiger partial charge >= 0.3 is 0 Å². The molecule has 3 rings (SSSR count). The van der Waals surface area contributed by atoms with Crippen molar-refractivity contribution in [2.75, 3.05) is 33.8 Å². The van der Waals surface area contributed by atoms with Crippen molar-refractivity contribution in [3.63, 3.8) is 0 Å². The summed E-state index contributed by atoms with van der Waals surface area (Å²) >= 11 is 0. The third-order valence-electron chi connectivity index (χ3n) is 6.15. The number of carbonyl (C=O) groups is 2. The number of ketones is 1. The Morgan fingerprint density at radius 1 is 1.06 bits per heavy atom. The van der Waals surface area contributed by atoms with Crippen LogP contribution in [-0.4, -0.2) is 60.4 Å². The van der Waals surface area contributed by atoms with E-state index in [2.05, 4.69) is 6.92 Å². The second kappa shape index (κ2) is 11.3. The van der Waals surface area contributed by atoms with Crippen LogP contribution in [-0.2, 0) is 9.59 Å². The molecule has 182 valence electrons. The van der Waals surface area contributed by atoms with Gasteiger partial charge in [0, 0.05) is 12.1 Å². The van der Waals surface area contributed by atoms with Gasteiger partial charge in [-0.05, 0) is 76.7 Å². The Morgan fingerprint density at radius 2 is 1.76 bits per heavy atom. The molecule has 1 aliphatic rings. The molecule has 0 aromatic heterocycles. The Bertz CT molecular complexity index is 1060. The summed E-state index contributed by atoms with van der Waals surface area (Å²) in [5, 5.41) is 11.3. The Labute approximate surface area is 202 Å². The summed E-state index contributed by atoms with van der Waals surface area (Å²) in [6.07, 6.45) is 2.75. The molecular weight excluding hydrogens is 428 g/mol. The molecule has 1 aliphatic heterocycles. The maximum Gasteiger partial charge on any atom is 0.295 e. The molecule has 34 heavy (non-hydrogen) atoms. The smallest absolute Gasteiger partial charge is 0.295 e. The molecule has 2 aromatic carbocycles. The van der Waals surface area contributed by atoms with Crippen molar-refractivity contribution < 1.29 is 19.4 Å². The molecule has 0 radical (unpaired) electrons. The van der Waals surface area contributed by atoms with Crippen molar-refractivity contribution in [3.8, 4) is 5.75 Å². The molecule has 1 saturated heterocycles. The van der Waals surface area contributed by atoms with E-state index in [4.69, 9.17) is 4.74 Å². The number of Topliss-reactive ketones (excluding diaryl/α,β-unsaturated/α-hetero) is 1. The molecule has 0 bridgehead atoms. The number of likely N-dealkylation sites (tertiary alicyclic amines) is 1. The number of carbonyl (C=O) groups excluding carboxylic acids is 2. The fourth-order valence-electron chi connectivity index (χ4n) is 4.23. The number of ether oxygens (including phenoxy) is 1. The topological polar surface area (TPSA) is 70.1 Å². The van der Waals surface area contributed by atoms with E-state index in [1.165, 1.54) is 0 Å². The Morgan fingerprint density at radius 3 is 2.41 bits per heavy atom. The van der Waals surface area contributed by atoms with Gasteiger partial charge in [-0.1, -0.05) is 43.2 Å². The molecular formula is C28H36N2O4. The summed E-state index contributed by atoms with van der Waals surface area (Å²) < 4.78 is 5.78. The molecule has 6 nitrogen and oxygen atoms in total. The second-order valence-electron chi connectivity index (χ2n) is 9.24. The lowest BCUT2D eigenvalue weighted by Gasteiger charge is -2.26. The highest BCUT2D eigenvalue weighted by Crippen LogP contribution is 2.40. The van der Waals surface area contributed by atoms with Gasteiger partial charge in [-0.15, -0.1) is 0 Å². The maximum atomic E-state index is 13.2. The molecule has 1 N–H and O–H groups in total. The average Bonchev–Trinajstić information content (AvgIpc) is 3.05. The quantitative estimate of drug-likeness (QED) is 0.235. The maximum absolute atomic E-state index is 13.2. The molecule has 2 aromatic rings. The van der Waals surface area contributed by atoms with E-state index in [9.17, 15) is 14.7 Å². The van der Waals surface area contributed by atoms with Gasteiger partial charge in [-0.25, -0.2) is 0 Å². The van der Waals surface area contributed by atoms with Crippen LogP contribution >= 0.6 is 0 Å². The molecule has 1 fully saturated rings. The molecule has 0 saturated carbocycles. The van der Waals surface area contributed by atoms with E-state index < -0.39 is 17.7 Å². The highest BCUT2D eigenvalue weighted by molar-refractivity contribution is 6.46. The first kappa shape index (κ1) is 25.5. The molecule has 1 atom stereocenters. The minimum Gasteiger partial charge on any atom is -0.507 e. The molecule has 1 amide bonds. The first-order valence-corrected chi connectivity index (χ1v) is 12.0. The third-order valence-corrected chi connectivity index (χ3v) is 6.15. The Kier molecular flexibility index (Phi) is 8.51. The van der Waals surface area contributed by atoms with Crippen molar-refractivity contribution in [1.82, 2.24) is 9.80 Å². The number of hydrogen-bond donors (Lipinski definition) is 1. The van der Waals surface area contributed by atoms with E-state index in [1.807, 2.05) is 75.3 Å². The summed E-state index contributed by atoms with van der Waals surface area (Å²) in [6, 6.07) is 12.6. The highest BCUT2D eigenvalue weighted by Gasteiger charge is 2.45. The summed E-state index contributed by atoms with van der Waals surface area (Å²) in [6.45, 7) is 7.79. The van der Waals surface area contributed by atoms with Gasteiger partial charge < -0.3 is 19.6 Å². The summed E-state index contributed by atoms with van der Waals surface area (Å²) in [7, 11) is 3.95. The van der Waals surface area contributed by atoms with Crippen molar-refractivity contribution in [2.45, 2.75) is 46.1 Å². The number of aryl methyl sites for hydroxylation is 2. The Balaban J connectivity index is 2.04. The fraction of sp³-hybridized carbons (Fsp3) is 0.429. The summed E-state index contributed by atoms with van der Waals surface area (Å²) in [5.41, 5.74) is 3.32. The number of hydrogen-bond acceptors (Lipinski definition) is 5. The number of rotatable bonds is 10. The number of benzene rings is 2. The van der Waals surface area contributed by atoms with Crippen molar-refractivity contribution in [1.29, 1.82) is 0 Å². The first-order valence-electron chi connectivity index (χ1n) is 12.0. The molecule has 1 unspecified atom stereocenters. The number of aliphatic hydroxyl groups excluding tert-OH is 1. The van der Waals surface area contributed by atoms with E-state index in [1.54, 1.807) is 4.90 Å². The normalized spacial score (nSPS) is 17.6. The van der Waals surface area contributed by atoms with Gasteiger partial charge in [0.05, 0.1) is 18.2 Å². The second-order valence-corrected chi connectivity index (χ2v) is 9.24. The van der Waals surface area contributed by atoms with Crippen LogP contribution in [0, 0.1) is 13.8 Å². The number of amides is 1. The number of aliphatic hydroxyl groups is 1. The zero-order chi connectivity index (χ0) is 24.8. The summed E-state index contributed by atoms with van der Waals surface area (Å²) in [5.74, 6) is -0.588. The van der Waals surface area contributed by atoms with E-state index in [0.29, 0.717) is 18.7 Å². The lowest BCUT2D eigenvalue weighted by molar-refractivity contribution is -0.139. The van der Waals surface area contributed by atoms with Gasteiger partial charge in [0.25, 0.3) is 11.7 Å².